The van der Waals surface area contributed by atoms with Crippen molar-refractivity contribution in [2.75, 3.05) is 14.2 Å². The molecular weight excluding hydrogens is 184 g/mol. The molecule has 0 aliphatic heterocycles. The molecule has 1 aliphatic carbocycles. The monoisotopic (exact) mass is 200 g/mol. The number of carbonyl (C=O) groups is 2. The van der Waals surface area contributed by atoms with Gasteiger partial charge in [0.1, 0.15) is 0 Å². The standard InChI is InChI=1S/C10H16O4/c1-13-9(11)7-5-3-4-6-8(7)10(12)14-2/h7-8H,3-6H2,1-2H3/t7-,8-/m1/s1. The van der Waals surface area contributed by atoms with E-state index in [0.717, 1.165) is 25.7 Å². The Labute approximate surface area is 83.6 Å². The van der Waals surface area contributed by atoms with Gasteiger partial charge in [-0.25, -0.2) is 0 Å². The third kappa shape index (κ3) is 2.25. The van der Waals surface area contributed by atoms with Crippen LogP contribution < -0.4 is 0 Å². The molecule has 1 fully saturated rings. The van der Waals surface area contributed by atoms with E-state index < -0.39 is 0 Å². The summed E-state index contributed by atoms with van der Waals surface area (Å²) in [5.74, 6) is -1.19. The molecule has 0 aromatic heterocycles. The van der Waals surface area contributed by atoms with E-state index in [2.05, 4.69) is 9.47 Å². The fraction of sp³-hybridized carbons (Fsp3) is 0.800. The fourth-order valence-corrected chi connectivity index (χ4v) is 2.00. The van der Waals surface area contributed by atoms with Crippen LogP contribution in [0.3, 0.4) is 0 Å². The maximum absolute atomic E-state index is 11.4. The van der Waals surface area contributed by atoms with Crippen LogP contribution in [-0.4, -0.2) is 26.2 Å². The second kappa shape index (κ2) is 4.98. The van der Waals surface area contributed by atoms with E-state index in [1.165, 1.54) is 14.2 Å². The average molecular weight is 200 g/mol. The SMILES string of the molecule is COC(=O)[C@@H]1CCCC[C@H]1C(=O)OC. The lowest BCUT2D eigenvalue weighted by Crippen LogP contribution is -2.34. The maximum Gasteiger partial charge on any atom is 0.309 e. The second-order valence-electron chi connectivity index (χ2n) is 3.54. The number of esters is 2. The summed E-state index contributed by atoms with van der Waals surface area (Å²) in [5, 5.41) is 0. The quantitative estimate of drug-likeness (QED) is 0.627. The van der Waals surface area contributed by atoms with Crippen LogP contribution in [0.15, 0.2) is 0 Å². The molecule has 14 heavy (non-hydrogen) atoms. The van der Waals surface area contributed by atoms with E-state index in [4.69, 9.17) is 0 Å². The third-order valence-corrected chi connectivity index (χ3v) is 2.77. The molecule has 0 aromatic carbocycles. The van der Waals surface area contributed by atoms with Crippen molar-refractivity contribution in [1.82, 2.24) is 0 Å². The van der Waals surface area contributed by atoms with Crippen LogP contribution in [-0.2, 0) is 19.1 Å². The first-order valence-corrected chi connectivity index (χ1v) is 4.86. The van der Waals surface area contributed by atoms with Crippen molar-refractivity contribution in [1.29, 1.82) is 0 Å². The highest BCUT2D eigenvalue weighted by Gasteiger charge is 2.36. The average Bonchev–Trinajstić information content (AvgIpc) is 2.27. The minimum absolute atomic E-state index is 0.292. The smallest absolute Gasteiger partial charge is 0.309 e. The molecule has 0 saturated heterocycles. The number of ether oxygens (including phenoxy) is 2. The zero-order valence-corrected chi connectivity index (χ0v) is 8.62. The molecule has 1 saturated carbocycles. The fourth-order valence-electron chi connectivity index (χ4n) is 2.00. The Balaban J connectivity index is 2.68. The Morgan fingerprint density at radius 1 is 0.929 bits per heavy atom. The van der Waals surface area contributed by atoms with Gasteiger partial charge in [0.25, 0.3) is 0 Å². The van der Waals surface area contributed by atoms with Gasteiger partial charge in [-0.1, -0.05) is 12.8 Å². The van der Waals surface area contributed by atoms with Crippen molar-refractivity contribution in [2.45, 2.75) is 25.7 Å². The largest absolute Gasteiger partial charge is 0.469 e. The number of hydrogen-bond donors (Lipinski definition) is 0. The second-order valence-corrected chi connectivity index (χ2v) is 3.54. The molecule has 80 valence electrons. The molecule has 0 bridgehead atoms. The summed E-state index contributed by atoms with van der Waals surface area (Å²) >= 11 is 0. The molecule has 4 heteroatoms. The summed E-state index contributed by atoms with van der Waals surface area (Å²) in [5.41, 5.74) is 0. The molecule has 1 rings (SSSR count). The van der Waals surface area contributed by atoms with Gasteiger partial charge in [-0.3, -0.25) is 9.59 Å². The van der Waals surface area contributed by atoms with E-state index in [1.807, 2.05) is 0 Å². The maximum atomic E-state index is 11.4. The van der Waals surface area contributed by atoms with Crippen LogP contribution in [0.5, 0.6) is 0 Å². The van der Waals surface area contributed by atoms with Gasteiger partial charge in [0, 0.05) is 0 Å². The first kappa shape index (κ1) is 11.0. The number of hydrogen-bond acceptors (Lipinski definition) is 4. The summed E-state index contributed by atoms with van der Waals surface area (Å²) < 4.78 is 9.34. The summed E-state index contributed by atoms with van der Waals surface area (Å²) in [6, 6.07) is 0. The molecular formula is C10H16O4. The van der Waals surface area contributed by atoms with Crippen LogP contribution in [0.25, 0.3) is 0 Å². The van der Waals surface area contributed by atoms with Crippen LogP contribution in [0.2, 0.25) is 0 Å². The van der Waals surface area contributed by atoms with Crippen molar-refractivity contribution in [3.8, 4) is 0 Å². The van der Waals surface area contributed by atoms with Gasteiger partial charge in [-0.15, -0.1) is 0 Å². The molecule has 2 atom stereocenters. The molecule has 0 heterocycles. The topological polar surface area (TPSA) is 52.6 Å². The molecule has 0 N–H and O–H groups in total. The summed E-state index contributed by atoms with van der Waals surface area (Å²) in [7, 11) is 2.70. The number of methoxy groups -OCH3 is 2. The van der Waals surface area contributed by atoms with Crippen molar-refractivity contribution >= 4 is 11.9 Å². The first-order valence-electron chi connectivity index (χ1n) is 4.86. The lowest BCUT2D eigenvalue weighted by atomic mass is 9.79. The van der Waals surface area contributed by atoms with Crippen molar-refractivity contribution in [2.24, 2.45) is 11.8 Å². The van der Waals surface area contributed by atoms with Gasteiger partial charge in [-0.2, -0.15) is 0 Å². The van der Waals surface area contributed by atoms with E-state index in [9.17, 15) is 9.59 Å². The molecule has 0 amide bonds. The highest BCUT2D eigenvalue weighted by Crippen LogP contribution is 2.31. The molecule has 1 aliphatic rings. The molecule has 4 nitrogen and oxygen atoms in total. The van der Waals surface area contributed by atoms with Gasteiger partial charge >= 0.3 is 11.9 Å². The summed E-state index contributed by atoms with van der Waals surface area (Å²) in [6.45, 7) is 0. The Hall–Kier alpha value is -1.06. The Morgan fingerprint density at radius 2 is 1.29 bits per heavy atom. The first-order chi connectivity index (χ1) is 6.70. The minimum Gasteiger partial charge on any atom is -0.469 e. The van der Waals surface area contributed by atoms with Gasteiger partial charge < -0.3 is 9.47 Å². The van der Waals surface area contributed by atoms with E-state index >= 15 is 0 Å². The van der Waals surface area contributed by atoms with Crippen LogP contribution in [0.1, 0.15) is 25.7 Å². The van der Waals surface area contributed by atoms with Crippen molar-refractivity contribution in [3.05, 3.63) is 0 Å². The minimum atomic E-state index is -0.304. The van der Waals surface area contributed by atoms with Crippen LogP contribution in [0, 0.1) is 11.8 Å². The summed E-state index contributed by atoms with van der Waals surface area (Å²) in [4.78, 5) is 22.7. The van der Waals surface area contributed by atoms with Crippen molar-refractivity contribution < 1.29 is 19.1 Å². The van der Waals surface area contributed by atoms with Gasteiger partial charge in [0.05, 0.1) is 26.1 Å². The van der Waals surface area contributed by atoms with Crippen molar-refractivity contribution in [3.63, 3.8) is 0 Å². The van der Waals surface area contributed by atoms with Crippen LogP contribution in [0.4, 0.5) is 0 Å². The number of carbonyl (C=O) groups excluding carboxylic acids is 2. The predicted molar refractivity (Wildman–Crippen MR) is 49.5 cm³/mol. The van der Waals surface area contributed by atoms with Gasteiger partial charge in [-0.05, 0) is 12.8 Å². The number of rotatable bonds is 2. The lowest BCUT2D eigenvalue weighted by Gasteiger charge is -2.27. The lowest BCUT2D eigenvalue weighted by molar-refractivity contribution is -0.159. The molecule has 0 aromatic rings. The zero-order chi connectivity index (χ0) is 10.6. The normalized spacial score (nSPS) is 26.7. The zero-order valence-electron chi connectivity index (χ0n) is 8.62. The highest BCUT2D eigenvalue weighted by atomic mass is 16.5. The summed E-state index contributed by atoms with van der Waals surface area (Å²) in [6.07, 6.45) is 3.42. The van der Waals surface area contributed by atoms with Gasteiger partial charge in [0.2, 0.25) is 0 Å². The molecule has 0 spiro atoms. The highest BCUT2D eigenvalue weighted by molar-refractivity contribution is 5.82. The molecule has 0 radical (unpaired) electrons. The Kier molecular flexibility index (Phi) is 3.92. The van der Waals surface area contributed by atoms with E-state index in [-0.39, 0.29) is 23.8 Å². The Bertz CT molecular complexity index is 200. The Morgan fingerprint density at radius 3 is 1.57 bits per heavy atom. The predicted octanol–water partition coefficient (Wildman–Crippen LogP) is 1.14. The molecule has 0 unspecified atom stereocenters. The van der Waals surface area contributed by atoms with E-state index in [1.54, 1.807) is 0 Å². The third-order valence-electron chi connectivity index (χ3n) is 2.77. The van der Waals surface area contributed by atoms with E-state index in [0.29, 0.717) is 0 Å². The van der Waals surface area contributed by atoms with Crippen LogP contribution >= 0.6 is 0 Å². The van der Waals surface area contributed by atoms with Gasteiger partial charge in [0.15, 0.2) is 0 Å².